The molecule has 0 aliphatic carbocycles. The summed E-state index contributed by atoms with van der Waals surface area (Å²) in [7, 11) is 1.25. The van der Waals surface area contributed by atoms with Crippen molar-refractivity contribution in [1.82, 2.24) is 10.6 Å². The Morgan fingerprint density at radius 2 is 1.63 bits per heavy atom. The van der Waals surface area contributed by atoms with E-state index in [-0.39, 0.29) is 6.42 Å². The maximum absolute atomic E-state index is 14.0. The normalized spacial score (nSPS) is 12.5. The smallest absolute Gasteiger partial charge is 0.328 e. The van der Waals surface area contributed by atoms with Gasteiger partial charge >= 0.3 is 5.97 Å². The summed E-state index contributed by atoms with van der Waals surface area (Å²) in [6.07, 6.45) is 1.74. The van der Waals surface area contributed by atoms with Crippen LogP contribution in [0.1, 0.15) is 30.9 Å². The highest BCUT2D eigenvalue weighted by Crippen LogP contribution is 2.11. The highest BCUT2D eigenvalue weighted by atomic mass is 19.1. The number of esters is 1. The van der Waals surface area contributed by atoms with Crippen molar-refractivity contribution in [3.8, 4) is 0 Å². The van der Waals surface area contributed by atoms with Gasteiger partial charge in [0.2, 0.25) is 11.8 Å². The number of nitrogens with one attached hydrogen (secondary N) is 2. The van der Waals surface area contributed by atoms with Crippen LogP contribution in [-0.4, -0.2) is 37.0 Å². The number of halogens is 1. The SMILES string of the molecule is COC(=O)[C@@H](CCCc1ccccc1)NC(=O)[C@H](Cc1ccccc1F)NC(C)=O. The minimum absolute atomic E-state index is 0.0318. The molecule has 160 valence electrons. The van der Waals surface area contributed by atoms with E-state index in [1.807, 2.05) is 30.3 Å². The number of amides is 2. The Morgan fingerprint density at radius 3 is 2.27 bits per heavy atom. The zero-order chi connectivity index (χ0) is 21.9. The van der Waals surface area contributed by atoms with E-state index in [1.165, 1.54) is 20.1 Å². The van der Waals surface area contributed by atoms with E-state index in [1.54, 1.807) is 18.2 Å². The molecule has 6 nitrogen and oxygen atoms in total. The maximum atomic E-state index is 14.0. The fourth-order valence-electron chi connectivity index (χ4n) is 3.16. The number of ether oxygens (including phenoxy) is 1. The molecule has 0 spiro atoms. The molecular formula is C23H27FN2O4. The van der Waals surface area contributed by atoms with Crippen LogP contribution in [0.4, 0.5) is 4.39 Å². The fraction of sp³-hybridized carbons (Fsp3) is 0.348. The van der Waals surface area contributed by atoms with E-state index in [9.17, 15) is 18.8 Å². The van der Waals surface area contributed by atoms with Crippen LogP contribution in [0.2, 0.25) is 0 Å². The first-order valence-corrected chi connectivity index (χ1v) is 9.83. The van der Waals surface area contributed by atoms with E-state index < -0.39 is 35.7 Å². The van der Waals surface area contributed by atoms with Gasteiger partial charge in [0.25, 0.3) is 0 Å². The first-order chi connectivity index (χ1) is 14.4. The Balaban J connectivity index is 2.04. The summed E-state index contributed by atoms with van der Waals surface area (Å²) in [5.41, 5.74) is 1.42. The summed E-state index contributed by atoms with van der Waals surface area (Å²) < 4.78 is 18.8. The van der Waals surface area contributed by atoms with Gasteiger partial charge in [-0.1, -0.05) is 48.5 Å². The van der Waals surface area contributed by atoms with Crippen LogP contribution in [0.3, 0.4) is 0 Å². The second-order valence-electron chi connectivity index (χ2n) is 7.01. The van der Waals surface area contributed by atoms with Gasteiger partial charge in [-0.05, 0) is 36.5 Å². The Morgan fingerprint density at radius 1 is 0.967 bits per heavy atom. The number of rotatable bonds is 10. The van der Waals surface area contributed by atoms with Crippen LogP contribution in [0.5, 0.6) is 0 Å². The van der Waals surface area contributed by atoms with Gasteiger partial charge in [0.05, 0.1) is 7.11 Å². The highest BCUT2D eigenvalue weighted by Gasteiger charge is 2.27. The Hall–Kier alpha value is -3.22. The first-order valence-electron chi connectivity index (χ1n) is 9.83. The van der Waals surface area contributed by atoms with Crippen LogP contribution >= 0.6 is 0 Å². The van der Waals surface area contributed by atoms with Gasteiger partial charge in [0.1, 0.15) is 17.9 Å². The zero-order valence-corrected chi connectivity index (χ0v) is 17.2. The van der Waals surface area contributed by atoms with Crippen molar-refractivity contribution in [1.29, 1.82) is 0 Å². The molecule has 0 radical (unpaired) electrons. The van der Waals surface area contributed by atoms with Crippen molar-refractivity contribution < 1.29 is 23.5 Å². The van der Waals surface area contributed by atoms with Gasteiger partial charge in [-0.15, -0.1) is 0 Å². The van der Waals surface area contributed by atoms with Crippen molar-refractivity contribution in [3.63, 3.8) is 0 Å². The monoisotopic (exact) mass is 414 g/mol. The van der Waals surface area contributed by atoms with Gasteiger partial charge in [-0.25, -0.2) is 9.18 Å². The van der Waals surface area contributed by atoms with Crippen LogP contribution in [0.25, 0.3) is 0 Å². The molecule has 0 aliphatic heterocycles. The molecule has 2 atom stereocenters. The van der Waals surface area contributed by atoms with E-state index in [0.717, 1.165) is 12.0 Å². The average Bonchev–Trinajstić information content (AvgIpc) is 2.73. The van der Waals surface area contributed by atoms with E-state index in [2.05, 4.69) is 10.6 Å². The van der Waals surface area contributed by atoms with Gasteiger partial charge in [0, 0.05) is 13.3 Å². The standard InChI is InChI=1S/C23H27FN2O4/c1-16(27)25-21(15-18-12-6-7-13-19(18)24)22(28)26-20(23(29)30-2)14-8-11-17-9-4-3-5-10-17/h3-7,9-10,12-13,20-21H,8,11,14-15H2,1-2H3,(H,25,27)(H,26,28)/t20-,21+/m1/s1. The lowest BCUT2D eigenvalue weighted by atomic mass is 10.0. The number of carbonyl (C=O) groups is 3. The number of hydrogen-bond donors (Lipinski definition) is 2. The summed E-state index contributed by atoms with van der Waals surface area (Å²) >= 11 is 0. The van der Waals surface area contributed by atoms with Crippen molar-refractivity contribution in [2.24, 2.45) is 0 Å². The highest BCUT2D eigenvalue weighted by molar-refractivity contribution is 5.90. The van der Waals surface area contributed by atoms with Crippen molar-refractivity contribution >= 4 is 17.8 Å². The summed E-state index contributed by atoms with van der Waals surface area (Å²) in [6.45, 7) is 1.28. The number of aryl methyl sites for hydroxylation is 1. The van der Waals surface area contributed by atoms with Crippen LogP contribution < -0.4 is 10.6 Å². The summed E-state index contributed by atoms with van der Waals surface area (Å²) in [4.78, 5) is 36.5. The fourth-order valence-corrected chi connectivity index (χ4v) is 3.16. The van der Waals surface area contributed by atoms with Crippen molar-refractivity contribution in [2.45, 2.75) is 44.7 Å². The van der Waals surface area contributed by atoms with Gasteiger partial charge in [-0.2, -0.15) is 0 Å². The summed E-state index contributed by atoms with van der Waals surface area (Å²) in [6, 6.07) is 14.0. The Kier molecular flexibility index (Phi) is 9.00. The van der Waals surface area contributed by atoms with E-state index in [0.29, 0.717) is 18.4 Å². The van der Waals surface area contributed by atoms with Crippen LogP contribution in [-0.2, 0) is 32.0 Å². The van der Waals surface area contributed by atoms with Crippen molar-refractivity contribution in [3.05, 3.63) is 71.5 Å². The predicted octanol–water partition coefficient (Wildman–Crippen LogP) is 2.55. The molecule has 2 amide bonds. The van der Waals surface area contributed by atoms with Gasteiger partial charge in [-0.3, -0.25) is 9.59 Å². The third kappa shape index (κ3) is 7.31. The minimum atomic E-state index is -1.01. The van der Waals surface area contributed by atoms with E-state index >= 15 is 0 Å². The number of carbonyl (C=O) groups excluding carboxylic acids is 3. The summed E-state index contributed by atoms with van der Waals surface area (Å²) in [5, 5.41) is 5.18. The first kappa shape index (κ1) is 23.1. The molecule has 0 saturated heterocycles. The topological polar surface area (TPSA) is 84.5 Å². The molecule has 2 aromatic carbocycles. The Bertz CT molecular complexity index is 857. The second-order valence-corrected chi connectivity index (χ2v) is 7.01. The van der Waals surface area contributed by atoms with Crippen LogP contribution in [0.15, 0.2) is 54.6 Å². The Labute approximate surface area is 175 Å². The third-order valence-electron chi connectivity index (χ3n) is 4.68. The molecule has 2 N–H and O–H groups in total. The molecule has 2 rings (SSSR count). The summed E-state index contributed by atoms with van der Waals surface area (Å²) in [5.74, 6) is -2.02. The minimum Gasteiger partial charge on any atom is -0.467 e. The lowest BCUT2D eigenvalue weighted by molar-refractivity contribution is -0.145. The molecule has 0 bridgehead atoms. The van der Waals surface area contributed by atoms with Crippen molar-refractivity contribution in [2.75, 3.05) is 7.11 Å². The molecule has 0 heterocycles. The lowest BCUT2D eigenvalue weighted by Gasteiger charge is -2.22. The number of hydrogen-bond acceptors (Lipinski definition) is 4. The zero-order valence-electron chi connectivity index (χ0n) is 17.2. The average molecular weight is 414 g/mol. The second kappa shape index (κ2) is 11.7. The molecule has 30 heavy (non-hydrogen) atoms. The third-order valence-corrected chi connectivity index (χ3v) is 4.68. The molecule has 0 unspecified atom stereocenters. The lowest BCUT2D eigenvalue weighted by Crippen LogP contribution is -2.52. The maximum Gasteiger partial charge on any atom is 0.328 e. The molecule has 2 aromatic rings. The molecule has 7 heteroatoms. The van der Waals surface area contributed by atoms with Crippen LogP contribution in [0, 0.1) is 5.82 Å². The molecule has 0 fully saturated rings. The largest absolute Gasteiger partial charge is 0.467 e. The molecule has 0 aliphatic rings. The predicted molar refractivity (Wildman–Crippen MR) is 111 cm³/mol. The van der Waals surface area contributed by atoms with E-state index in [4.69, 9.17) is 4.74 Å². The van der Waals surface area contributed by atoms with Gasteiger partial charge < -0.3 is 15.4 Å². The molecule has 0 aromatic heterocycles. The molecular weight excluding hydrogens is 387 g/mol. The molecule has 0 saturated carbocycles. The van der Waals surface area contributed by atoms with Gasteiger partial charge in [0.15, 0.2) is 0 Å². The quantitative estimate of drug-likeness (QED) is 0.585. The number of benzene rings is 2. The number of methoxy groups -OCH3 is 1.